The third-order valence-corrected chi connectivity index (χ3v) is 5.58. The van der Waals surface area contributed by atoms with E-state index in [1.165, 1.54) is 16.6 Å². The third-order valence-electron chi connectivity index (χ3n) is 5.58. The number of allylic oxidation sites excluding steroid dienone is 1. The molecule has 2 N–H and O–H groups in total. The molecule has 0 saturated heterocycles. The van der Waals surface area contributed by atoms with Crippen molar-refractivity contribution in [2.45, 2.75) is 44.4 Å². The molecule has 4 rings (SSSR count). The van der Waals surface area contributed by atoms with Crippen molar-refractivity contribution < 1.29 is 0 Å². The summed E-state index contributed by atoms with van der Waals surface area (Å²) < 4.78 is 0. The lowest BCUT2D eigenvalue weighted by Crippen LogP contribution is -2.16. The minimum atomic E-state index is -0.0505. The number of nitrogens with one attached hydrogen (secondary N) is 2. The minimum Gasteiger partial charge on any atom is -0.359 e. The van der Waals surface area contributed by atoms with E-state index >= 15 is 0 Å². The lowest BCUT2D eigenvalue weighted by atomic mass is 9.92. The van der Waals surface area contributed by atoms with Crippen molar-refractivity contribution in [2.24, 2.45) is 5.18 Å². The molecule has 0 atom stereocenters. The maximum Gasteiger partial charge on any atom is 0.108 e. The normalized spacial score (nSPS) is 15.5. The van der Waals surface area contributed by atoms with E-state index in [4.69, 9.17) is 0 Å². The Labute approximate surface area is 159 Å². The Balaban J connectivity index is 1.57. The average Bonchev–Trinajstić information content (AvgIpc) is 3.34. The molecule has 0 aliphatic heterocycles. The quantitative estimate of drug-likeness (QED) is 0.509. The third kappa shape index (κ3) is 3.16. The van der Waals surface area contributed by atoms with Crippen LogP contribution in [0.5, 0.6) is 0 Å². The highest BCUT2D eigenvalue weighted by Gasteiger charge is 2.47. The van der Waals surface area contributed by atoms with Gasteiger partial charge in [0.15, 0.2) is 0 Å². The van der Waals surface area contributed by atoms with E-state index in [1.54, 1.807) is 12.1 Å². The zero-order valence-corrected chi connectivity index (χ0v) is 16.1. The Kier molecular flexibility index (Phi) is 3.95. The first-order chi connectivity index (χ1) is 12.8. The number of hydrogen-bond acceptors (Lipinski definition) is 3. The topological polar surface area (TPSA) is 57.2 Å². The lowest BCUT2D eigenvalue weighted by Gasteiger charge is -2.21. The number of anilines is 1. The molecule has 27 heavy (non-hydrogen) atoms. The van der Waals surface area contributed by atoms with Gasteiger partial charge in [-0.05, 0) is 60.0 Å². The van der Waals surface area contributed by atoms with Gasteiger partial charge < -0.3 is 10.3 Å². The van der Waals surface area contributed by atoms with Gasteiger partial charge in [0.2, 0.25) is 0 Å². The molecule has 0 unspecified atom stereocenters. The molecule has 0 bridgehead atoms. The highest BCUT2D eigenvalue weighted by molar-refractivity contribution is 5.84. The van der Waals surface area contributed by atoms with Gasteiger partial charge in [-0.2, -0.15) is 0 Å². The van der Waals surface area contributed by atoms with Crippen molar-refractivity contribution in [1.82, 2.24) is 4.98 Å². The first-order valence-electron chi connectivity index (χ1n) is 9.35. The fourth-order valence-electron chi connectivity index (χ4n) is 3.64. The van der Waals surface area contributed by atoms with Crippen LogP contribution in [0.15, 0.2) is 66.0 Å². The van der Waals surface area contributed by atoms with E-state index in [0.29, 0.717) is 5.69 Å². The Hall–Kier alpha value is -2.88. The second kappa shape index (κ2) is 6.08. The zero-order valence-electron chi connectivity index (χ0n) is 16.1. The lowest BCUT2D eigenvalue weighted by molar-refractivity contribution is 0.574. The Morgan fingerprint density at radius 1 is 1.11 bits per heavy atom. The van der Waals surface area contributed by atoms with E-state index in [1.807, 2.05) is 12.1 Å². The van der Waals surface area contributed by atoms with E-state index < -0.39 is 0 Å². The molecule has 1 aliphatic carbocycles. The molecule has 138 valence electrons. The van der Waals surface area contributed by atoms with Crippen LogP contribution in [0.25, 0.3) is 10.9 Å². The summed E-state index contributed by atoms with van der Waals surface area (Å²) in [6, 6.07) is 16.1. The summed E-state index contributed by atoms with van der Waals surface area (Å²) in [5, 5.41) is 7.70. The van der Waals surface area contributed by atoms with Gasteiger partial charge in [0.25, 0.3) is 0 Å². The number of benzene rings is 2. The molecule has 4 nitrogen and oxygen atoms in total. The summed E-state index contributed by atoms with van der Waals surface area (Å²) in [5.41, 5.74) is 6.11. The van der Waals surface area contributed by atoms with Crippen LogP contribution in [-0.2, 0) is 10.8 Å². The molecule has 0 radical (unpaired) electrons. The largest absolute Gasteiger partial charge is 0.359 e. The molecule has 1 aromatic heterocycles. The Bertz CT molecular complexity index is 1020. The van der Waals surface area contributed by atoms with Gasteiger partial charge in [0, 0.05) is 38.8 Å². The maximum atomic E-state index is 10.6. The minimum absolute atomic E-state index is 0.0505. The van der Waals surface area contributed by atoms with Crippen LogP contribution in [0.1, 0.15) is 44.9 Å². The van der Waals surface area contributed by atoms with Crippen molar-refractivity contribution in [3.05, 3.63) is 77.0 Å². The van der Waals surface area contributed by atoms with Crippen molar-refractivity contribution in [3.63, 3.8) is 0 Å². The van der Waals surface area contributed by atoms with Crippen molar-refractivity contribution in [3.8, 4) is 0 Å². The van der Waals surface area contributed by atoms with Gasteiger partial charge in [0.1, 0.15) is 5.69 Å². The number of nitroso groups, excluding NO2 is 1. The van der Waals surface area contributed by atoms with Crippen molar-refractivity contribution >= 4 is 22.3 Å². The number of aromatic amines is 1. The summed E-state index contributed by atoms with van der Waals surface area (Å²) in [5.74, 6) is 0. The van der Waals surface area contributed by atoms with Crippen LogP contribution in [0, 0.1) is 4.91 Å². The number of aromatic nitrogens is 1. The van der Waals surface area contributed by atoms with Gasteiger partial charge in [-0.25, -0.2) is 0 Å². The molecule has 1 aliphatic rings. The highest BCUT2D eigenvalue weighted by atomic mass is 16.3. The summed E-state index contributed by atoms with van der Waals surface area (Å²) in [6.45, 7) is 11.0. The molecule has 0 spiro atoms. The number of rotatable bonds is 5. The first-order valence-corrected chi connectivity index (χ1v) is 9.35. The summed E-state index contributed by atoms with van der Waals surface area (Å²) in [6.07, 6.45) is 2.13. The fraction of sp³-hybridized carbons (Fsp3) is 0.304. The number of H-pyrrole nitrogens is 1. The molecule has 3 aromatic rings. The molecule has 2 aromatic carbocycles. The smallest absolute Gasteiger partial charge is 0.108 e. The first kappa shape index (κ1) is 17.5. The average molecular weight is 359 g/mol. The summed E-state index contributed by atoms with van der Waals surface area (Å²) in [4.78, 5) is 14.2. The van der Waals surface area contributed by atoms with Crippen LogP contribution in [-0.4, -0.2) is 4.98 Å². The molecule has 1 saturated carbocycles. The Morgan fingerprint density at radius 3 is 2.41 bits per heavy atom. The van der Waals surface area contributed by atoms with Crippen LogP contribution in [0.2, 0.25) is 0 Å². The highest BCUT2D eigenvalue weighted by Crippen LogP contribution is 2.53. The van der Waals surface area contributed by atoms with E-state index in [2.05, 4.69) is 67.1 Å². The predicted octanol–water partition coefficient (Wildman–Crippen LogP) is 6.52. The zero-order chi connectivity index (χ0) is 19.2. The molecule has 1 fully saturated rings. The Morgan fingerprint density at radius 2 is 1.81 bits per heavy atom. The molecular weight excluding hydrogens is 334 g/mol. The van der Waals surface area contributed by atoms with E-state index in [-0.39, 0.29) is 10.8 Å². The fourth-order valence-corrected chi connectivity index (χ4v) is 3.64. The predicted molar refractivity (Wildman–Crippen MR) is 113 cm³/mol. The molecule has 4 heteroatoms. The monoisotopic (exact) mass is 359 g/mol. The van der Waals surface area contributed by atoms with Gasteiger partial charge >= 0.3 is 0 Å². The summed E-state index contributed by atoms with van der Waals surface area (Å²) in [7, 11) is 0. The van der Waals surface area contributed by atoms with Crippen LogP contribution in [0.4, 0.5) is 11.4 Å². The maximum absolute atomic E-state index is 10.6. The van der Waals surface area contributed by atoms with E-state index in [9.17, 15) is 4.91 Å². The molecule has 0 amide bonds. The van der Waals surface area contributed by atoms with Crippen LogP contribution >= 0.6 is 0 Å². The molecular formula is C23H25N3O. The van der Waals surface area contributed by atoms with Gasteiger partial charge in [-0.15, -0.1) is 4.91 Å². The van der Waals surface area contributed by atoms with Crippen LogP contribution < -0.4 is 5.32 Å². The second-order valence-corrected chi connectivity index (χ2v) is 8.56. The number of fused-ring (bicyclic) bond motifs is 1. The standard InChI is InChI=1S/C23H25N3O/c1-15(23(11-12-23)17-5-7-18(26-27)8-6-17)24-19-9-10-20-16(13-19)14-21(25-20)22(2,3)4/h5-10,13-14,24-25H,1,11-12H2,2-4H3. The molecule has 1 heterocycles. The van der Waals surface area contributed by atoms with Gasteiger partial charge in [-0.3, -0.25) is 0 Å². The van der Waals surface area contributed by atoms with E-state index in [0.717, 1.165) is 29.7 Å². The van der Waals surface area contributed by atoms with Gasteiger partial charge in [-0.1, -0.05) is 39.5 Å². The van der Waals surface area contributed by atoms with Crippen molar-refractivity contribution in [2.75, 3.05) is 5.32 Å². The summed E-state index contributed by atoms with van der Waals surface area (Å²) >= 11 is 0. The second-order valence-electron chi connectivity index (χ2n) is 8.56. The van der Waals surface area contributed by atoms with Crippen LogP contribution in [0.3, 0.4) is 0 Å². The number of hydrogen-bond donors (Lipinski definition) is 2. The van der Waals surface area contributed by atoms with Gasteiger partial charge in [0.05, 0.1) is 0 Å². The van der Waals surface area contributed by atoms with Crippen molar-refractivity contribution in [1.29, 1.82) is 0 Å². The SMILES string of the molecule is C=C(Nc1ccc2[nH]c(C(C)(C)C)cc2c1)C1(c2ccc(N=O)cc2)CC1. The number of nitrogens with zero attached hydrogens (tertiary/aromatic N) is 1.